The second kappa shape index (κ2) is 5.12. The summed E-state index contributed by atoms with van der Waals surface area (Å²) in [4.78, 5) is 11.0. The lowest BCUT2D eigenvalue weighted by Gasteiger charge is -2.26. The van der Waals surface area contributed by atoms with Gasteiger partial charge >= 0.3 is 0 Å². The van der Waals surface area contributed by atoms with Gasteiger partial charge in [-0.15, -0.1) is 0 Å². The van der Waals surface area contributed by atoms with Crippen LogP contribution in [0.3, 0.4) is 0 Å². The molecule has 0 heterocycles. The summed E-state index contributed by atoms with van der Waals surface area (Å²) in [5, 5.41) is 27.9. The Labute approximate surface area is 83.9 Å². The summed E-state index contributed by atoms with van der Waals surface area (Å²) in [6.07, 6.45) is -2.18. The molecule has 0 bridgehead atoms. The van der Waals surface area contributed by atoms with E-state index in [1.165, 1.54) is 6.92 Å². The number of aliphatic hydroxyl groups excluding tert-OH is 3. The molecule has 0 fully saturated rings. The first-order valence-electron chi connectivity index (χ1n) is 4.53. The maximum atomic E-state index is 11.0. The smallest absolute Gasteiger partial charge is 0.135 e. The molecular formula is C10H18O4. The van der Waals surface area contributed by atoms with Crippen LogP contribution in [0.4, 0.5) is 0 Å². The molecule has 0 rings (SSSR count). The average Bonchev–Trinajstić information content (AvgIpc) is 2.12. The summed E-state index contributed by atoms with van der Waals surface area (Å²) in [5.74, 6) is -1.72. The lowest BCUT2D eigenvalue weighted by Crippen LogP contribution is -2.37. The Hall–Kier alpha value is -0.870. The Morgan fingerprint density at radius 2 is 1.71 bits per heavy atom. The molecule has 14 heavy (non-hydrogen) atoms. The number of ketones is 1. The van der Waals surface area contributed by atoms with Crippen molar-refractivity contribution in [3.8, 4) is 0 Å². The fourth-order valence-corrected chi connectivity index (χ4v) is 1.19. The highest BCUT2D eigenvalue weighted by Gasteiger charge is 2.30. The van der Waals surface area contributed by atoms with Gasteiger partial charge in [0, 0.05) is 11.8 Å². The number of carbonyl (C=O) groups is 1. The molecule has 0 amide bonds. The topological polar surface area (TPSA) is 77.8 Å². The molecule has 0 aliphatic heterocycles. The van der Waals surface area contributed by atoms with Gasteiger partial charge < -0.3 is 15.3 Å². The molecule has 0 aromatic heterocycles. The minimum atomic E-state index is -1.20. The van der Waals surface area contributed by atoms with Gasteiger partial charge in [0.25, 0.3) is 0 Å². The van der Waals surface area contributed by atoms with Crippen molar-refractivity contribution >= 4 is 5.78 Å². The van der Waals surface area contributed by atoms with Crippen molar-refractivity contribution in [2.75, 3.05) is 0 Å². The first kappa shape index (κ1) is 13.1. The SMILES string of the molecule is C=C(O)C(O)C(C)C(O)C(C)C(C)=O. The van der Waals surface area contributed by atoms with Crippen LogP contribution < -0.4 is 0 Å². The van der Waals surface area contributed by atoms with Gasteiger partial charge in [-0.3, -0.25) is 4.79 Å². The molecule has 4 unspecified atom stereocenters. The standard InChI is InChI=1S/C10H18O4/c1-5(7(3)11)9(13)6(2)10(14)8(4)12/h5-6,9-10,12-14H,4H2,1-3H3. The highest BCUT2D eigenvalue weighted by Crippen LogP contribution is 2.19. The third-order valence-corrected chi connectivity index (χ3v) is 2.53. The quantitative estimate of drug-likeness (QED) is 0.572. The molecule has 0 aromatic carbocycles. The van der Waals surface area contributed by atoms with Crippen molar-refractivity contribution < 1.29 is 20.1 Å². The maximum absolute atomic E-state index is 11.0. The van der Waals surface area contributed by atoms with Crippen LogP contribution in [0.15, 0.2) is 12.3 Å². The van der Waals surface area contributed by atoms with E-state index >= 15 is 0 Å². The molecule has 0 aliphatic rings. The van der Waals surface area contributed by atoms with E-state index in [9.17, 15) is 15.0 Å². The van der Waals surface area contributed by atoms with Crippen LogP contribution in [0.25, 0.3) is 0 Å². The molecule has 4 heteroatoms. The highest BCUT2D eigenvalue weighted by molar-refractivity contribution is 5.78. The number of hydrogen-bond acceptors (Lipinski definition) is 4. The zero-order chi connectivity index (χ0) is 11.5. The molecule has 0 aliphatic carbocycles. The van der Waals surface area contributed by atoms with E-state index in [0.717, 1.165) is 0 Å². The van der Waals surface area contributed by atoms with Crippen molar-refractivity contribution in [3.63, 3.8) is 0 Å². The summed E-state index contributed by atoms with van der Waals surface area (Å²) in [7, 11) is 0. The van der Waals surface area contributed by atoms with Crippen LogP contribution in [-0.2, 0) is 4.79 Å². The van der Waals surface area contributed by atoms with Crippen LogP contribution >= 0.6 is 0 Å². The summed E-state index contributed by atoms with van der Waals surface area (Å²) < 4.78 is 0. The first-order chi connectivity index (χ1) is 6.29. The van der Waals surface area contributed by atoms with Gasteiger partial charge in [-0.1, -0.05) is 20.4 Å². The van der Waals surface area contributed by atoms with Gasteiger partial charge in [0.1, 0.15) is 17.6 Å². The third kappa shape index (κ3) is 3.12. The molecule has 0 radical (unpaired) electrons. The molecule has 0 saturated carbocycles. The fourth-order valence-electron chi connectivity index (χ4n) is 1.19. The van der Waals surface area contributed by atoms with E-state index < -0.39 is 29.8 Å². The molecule has 4 atom stereocenters. The van der Waals surface area contributed by atoms with E-state index in [1.807, 2.05) is 0 Å². The molecule has 0 spiro atoms. The third-order valence-electron chi connectivity index (χ3n) is 2.53. The van der Waals surface area contributed by atoms with Gasteiger partial charge in [0.2, 0.25) is 0 Å². The van der Waals surface area contributed by atoms with Crippen molar-refractivity contribution in [2.24, 2.45) is 11.8 Å². The number of carbonyl (C=O) groups excluding carboxylic acids is 1. The maximum Gasteiger partial charge on any atom is 0.135 e. The molecule has 3 N–H and O–H groups in total. The number of aliphatic hydroxyl groups is 3. The second-order valence-corrected chi connectivity index (χ2v) is 3.69. The number of hydrogen-bond donors (Lipinski definition) is 3. The molecule has 82 valence electrons. The lowest BCUT2D eigenvalue weighted by molar-refractivity contribution is -0.125. The van der Waals surface area contributed by atoms with Crippen LogP contribution in [0.2, 0.25) is 0 Å². The van der Waals surface area contributed by atoms with Crippen molar-refractivity contribution in [3.05, 3.63) is 12.3 Å². The summed E-state index contributed by atoms with van der Waals surface area (Å²) in [6, 6.07) is 0. The van der Waals surface area contributed by atoms with Crippen LogP contribution in [0.5, 0.6) is 0 Å². The Balaban J connectivity index is 4.45. The van der Waals surface area contributed by atoms with E-state index in [0.29, 0.717) is 0 Å². The number of rotatable bonds is 5. The van der Waals surface area contributed by atoms with E-state index in [4.69, 9.17) is 5.11 Å². The first-order valence-corrected chi connectivity index (χ1v) is 4.53. The van der Waals surface area contributed by atoms with Crippen LogP contribution in [0, 0.1) is 11.8 Å². The lowest BCUT2D eigenvalue weighted by atomic mass is 9.87. The summed E-state index contributed by atoms with van der Waals surface area (Å²) >= 11 is 0. The predicted molar refractivity (Wildman–Crippen MR) is 52.8 cm³/mol. The molecule has 0 aromatic rings. The van der Waals surface area contributed by atoms with Gasteiger partial charge in [-0.2, -0.15) is 0 Å². The zero-order valence-electron chi connectivity index (χ0n) is 8.77. The van der Waals surface area contributed by atoms with Gasteiger partial charge in [0.05, 0.1) is 6.10 Å². The predicted octanol–water partition coefficient (Wildman–Crippen LogP) is 0.641. The van der Waals surface area contributed by atoms with Crippen LogP contribution in [-0.4, -0.2) is 33.3 Å². The largest absolute Gasteiger partial charge is 0.510 e. The Morgan fingerprint density at radius 1 is 1.29 bits per heavy atom. The Morgan fingerprint density at radius 3 is 2.00 bits per heavy atom. The van der Waals surface area contributed by atoms with Crippen LogP contribution in [0.1, 0.15) is 20.8 Å². The summed E-state index contributed by atoms with van der Waals surface area (Å²) in [6.45, 7) is 7.68. The second-order valence-electron chi connectivity index (χ2n) is 3.69. The molecule has 0 saturated heterocycles. The van der Waals surface area contributed by atoms with Crippen molar-refractivity contribution in [1.82, 2.24) is 0 Å². The minimum absolute atomic E-state index is 0.153. The summed E-state index contributed by atoms with van der Waals surface area (Å²) in [5.41, 5.74) is 0. The van der Waals surface area contributed by atoms with E-state index in [2.05, 4.69) is 6.58 Å². The Kier molecular flexibility index (Phi) is 4.80. The van der Waals surface area contributed by atoms with Crippen molar-refractivity contribution in [2.45, 2.75) is 33.0 Å². The fraction of sp³-hybridized carbons (Fsp3) is 0.700. The average molecular weight is 202 g/mol. The molecular weight excluding hydrogens is 184 g/mol. The Bertz CT molecular complexity index is 200. The van der Waals surface area contributed by atoms with Crippen molar-refractivity contribution in [1.29, 1.82) is 0 Å². The van der Waals surface area contributed by atoms with Gasteiger partial charge in [-0.25, -0.2) is 0 Å². The normalized spacial score (nSPS) is 19.5. The molecule has 4 nitrogen and oxygen atoms in total. The van der Waals surface area contributed by atoms with Gasteiger partial charge in [-0.05, 0) is 6.92 Å². The minimum Gasteiger partial charge on any atom is -0.510 e. The van der Waals surface area contributed by atoms with E-state index in [-0.39, 0.29) is 5.78 Å². The number of Topliss-reactive ketones (excluding diaryl/α,β-unsaturated/α-hetero) is 1. The highest BCUT2D eigenvalue weighted by atomic mass is 16.3. The van der Waals surface area contributed by atoms with E-state index in [1.54, 1.807) is 13.8 Å². The monoisotopic (exact) mass is 202 g/mol. The van der Waals surface area contributed by atoms with Gasteiger partial charge in [0.15, 0.2) is 0 Å². The zero-order valence-corrected chi connectivity index (χ0v) is 8.77.